The number of carbonyl (C=O) groups is 1. The van der Waals surface area contributed by atoms with Gasteiger partial charge in [-0.05, 0) is 30.4 Å². The van der Waals surface area contributed by atoms with Gasteiger partial charge in [-0.1, -0.05) is 38.1 Å². The molecule has 0 heterocycles. The van der Waals surface area contributed by atoms with Crippen molar-refractivity contribution in [2.75, 3.05) is 0 Å². The molecule has 4 heteroatoms. The van der Waals surface area contributed by atoms with E-state index in [9.17, 15) is 4.79 Å². The lowest BCUT2D eigenvalue weighted by Crippen LogP contribution is -2.34. The molecule has 0 saturated carbocycles. The minimum Gasteiger partial charge on any atom is -0.330 e. The molecule has 3 N–H and O–H groups in total. The summed E-state index contributed by atoms with van der Waals surface area (Å²) in [5, 5.41) is 11.0. The van der Waals surface area contributed by atoms with Crippen LogP contribution in [0.15, 0.2) is 24.3 Å². The Morgan fingerprint density at radius 1 is 1.24 bits per heavy atom. The third-order valence-corrected chi connectivity index (χ3v) is 2.57. The second-order valence-electron chi connectivity index (χ2n) is 4.65. The minimum absolute atomic E-state index is 0.129. The van der Waals surface area contributed by atoms with E-state index in [1.165, 1.54) is 5.56 Å². The standard InChI is InChI=1S/C13H20N2O2/c1-9(2)8-11-4-6-12(7-5-11)10(3)14-13(16)15-17/h4-7,9-10,17H,8H2,1-3H3,(H2,14,15,16)/t10-/m1/s1. The summed E-state index contributed by atoms with van der Waals surface area (Å²) in [6.07, 6.45) is 1.05. The molecule has 4 nitrogen and oxygen atoms in total. The Morgan fingerprint density at radius 3 is 2.29 bits per heavy atom. The summed E-state index contributed by atoms with van der Waals surface area (Å²) in [7, 11) is 0. The molecular formula is C13H20N2O2. The Morgan fingerprint density at radius 2 is 1.82 bits per heavy atom. The Labute approximate surface area is 102 Å². The van der Waals surface area contributed by atoms with Gasteiger partial charge in [0, 0.05) is 0 Å². The zero-order valence-corrected chi connectivity index (χ0v) is 10.5. The van der Waals surface area contributed by atoms with Crippen LogP contribution in [-0.4, -0.2) is 11.2 Å². The Bertz CT molecular complexity index is 360. The highest BCUT2D eigenvalue weighted by Gasteiger charge is 2.08. The Hall–Kier alpha value is -1.55. The van der Waals surface area contributed by atoms with Crippen LogP contribution in [0.3, 0.4) is 0 Å². The van der Waals surface area contributed by atoms with E-state index in [1.54, 1.807) is 5.48 Å². The molecule has 0 unspecified atom stereocenters. The lowest BCUT2D eigenvalue weighted by atomic mass is 10.00. The van der Waals surface area contributed by atoms with E-state index < -0.39 is 6.03 Å². The fourth-order valence-electron chi connectivity index (χ4n) is 1.73. The summed E-state index contributed by atoms with van der Waals surface area (Å²) in [6, 6.07) is 7.42. The third-order valence-electron chi connectivity index (χ3n) is 2.57. The topological polar surface area (TPSA) is 61.4 Å². The van der Waals surface area contributed by atoms with Crippen LogP contribution in [0.25, 0.3) is 0 Å². The predicted octanol–water partition coefficient (Wildman–Crippen LogP) is 2.63. The average Bonchev–Trinajstić information content (AvgIpc) is 2.28. The van der Waals surface area contributed by atoms with E-state index in [1.807, 2.05) is 19.1 Å². The maximum Gasteiger partial charge on any atom is 0.338 e. The van der Waals surface area contributed by atoms with Crippen molar-refractivity contribution in [2.45, 2.75) is 33.2 Å². The average molecular weight is 236 g/mol. The van der Waals surface area contributed by atoms with Crippen LogP contribution in [0.5, 0.6) is 0 Å². The summed E-state index contributed by atoms with van der Waals surface area (Å²) < 4.78 is 0. The van der Waals surface area contributed by atoms with E-state index in [4.69, 9.17) is 5.21 Å². The second-order valence-corrected chi connectivity index (χ2v) is 4.65. The van der Waals surface area contributed by atoms with E-state index in [-0.39, 0.29) is 6.04 Å². The van der Waals surface area contributed by atoms with Crippen LogP contribution in [0.4, 0.5) is 4.79 Å². The van der Waals surface area contributed by atoms with Crippen molar-refractivity contribution in [3.63, 3.8) is 0 Å². The number of carbonyl (C=O) groups excluding carboxylic acids is 1. The number of hydroxylamine groups is 1. The van der Waals surface area contributed by atoms with Gasteiger partial charge in [0.05, 0.1) is 6.04 Å². The highest BCUT2D eigenvalue weighted by molar-refractivity contribution is 5.72. The molecule has 1 aromatic rings. The molecule has 0 radical (unpaired) electrons. The largest absolute Gasteiger partial charge is 0.338 e. The number of nitrogens with one attached hydrogen (secondary N) is 2. The lowest BCUT2D eigenvalue weighted by Gasteiger charge is -2.14. The van der Waals surface area contributed by atoms with Crippen molar-refractivity contribution in [1.82, 2.24) is 10.8 Å². The first-order chi connectivity index (χ1) is 8.02. The van der Waals surface area contributed by atoms with Crippen molar-refractivity contribution in [3.8, 4) is 0 Å². The highest BCUT2D eigenvalue weighted by atomic mass is 16.5. The minimum atomic E-state index is -0.594. The molecule has 0 aliphatic carbocycles. The van der Waals surface area contributed by atoms with Crippen molar-refractivity contribution in [3.05, 3.63) is 35.4 Å². The molecule has 17 heavy (non-hydrogen) atoms. The van der Waals surface area contributed by atoms with Crippen LogP contribution in [0.1, 0.15) is 37.9 Å². The van der Waals surface area contributed by atoms with Crippen LogP contribution in [0, 0.1) is 5.92 Å². The van der Waals surface area contributed by atoms with Crippen molar-refractivity contribution in [2.24, 2.45) is 5.92 Å². The molecule has 1 rings (SSSR count). The molecular weight excluding hydrogens is 216 g/mol. The van der Waals surface area contributed by atoms with Gasteiger partial charge in [0.1, 0.15) is 0 Å². The fourth-order valence-corrected chi connectivity index (χ4v) is 1.73. The number of rotatable bonds is 4. The quantitative estimate of drug-likeness (QED) is 0.556. The first-order valence-corrected chi connectivity index (χ1v) is 5.82. The summed E-state index contributed by atoms with van der Waals surface area (Å²) in [6.45, 7) is 6.24. The van der Waals surface area contributed by atoms with Gasteiger partial charge < -0.3 is 5.32 Å². The number of benzene rings is 1. The first-order valence-electron chi connectivity index (χ1n) is 5.82. The van der Waals surface area contributed by atoms with Gasteiger partial charge in [-0.25, -0.2) is 10.3 Å². The van der Waals surface area contributed by atoms with E-state index in [2.05, 4.69) is 31.3 Å². The molecule has 1 atom stereocenters. The molecule has 0 bridgehead atoms. The Balaban J connectivity index is 2.63. The van der Waals surface area contributed by atoms with Gasteiger partial charge in [-0.15, -0.1) is 0 Å². The van der Waals surface area contributed by atoms with Crippen molar-refractivity contribution < 1.29 is 10.0 Å². The molecule has 94 valence electrons. The fraction of sp³-hybridized carbons (Fsp3) is 0.462. The molecule has 0 saturated heterocycles. The van der Waals surface area contributed by atoms with Gasteiger partial charge in [-0.2, -0.15) is 0 Å². The zero-order valence-electron chi connectivity index (χ0n) is 10.5. The molecule has 2 amide bonds. The first kappa shape index (κ1) is 13.5. The van der Waals surface area contributed by atoms with Crippen molar-refractivity contribution in [1.29, 1.82) is 0 Å². The third kappa shape index (κ3) is 4.44. The number of hydrogen-bond donors (Lipinski definition) is 3. The van der Waals surface area contributed by atoms with Gasteiger partial charge >= 0.3 is 6.03 Å². The zero-order chi connectivity index (χ0) is 12.8. The summed E-state index contributed by atoms with van der Waals surface area (Å²) in [5.41, 5.74) is 3.86. The van der Waals surface area contributed by atoms with Crippen LogP contribution in [-0.2, 0) is 6.42 Å². The SMILES string of the molecule is CC(C)Cc1ccc([C@@H](C)NC(=O)NO)cc1. The molecule has 0 spiro atoms. The molecule has 0 aromatic heterocycles. The van der Waals surface area contributed by atoms with Crippen molar-refractivity contribution >= 4 is 6.03 Å². The summed E-state index contributed by atoms with van der Waals surface area (Å²) in [5.74, 6) is 0.636. The number of hydrogen-bond acceptors (Lipinski definition) is 2. The molecule has 0 fully saturated rings. The van der Waals surface area contributed by atoms with E-state index in [0.29, 0.717) is 5.92 Å². The smallest absolute Gasteiger partial charge is 0.330 e. The van der Waals surface area contributed by atoms with Crippen LogP contribution >= 0.6 is 0 Å². The second kappa shape index (κ2) is 6.25. The van der Waals surface area contributed by atoms with E-state index >= 15 is 0 Å². The monoisotopic (exact) mass is 236 g/mol. The summed E-state index contributed by atoms with van der Waals surface area (Å²) >= 11 is 0. The van der Waals surface area contributed by atoms with Gasteiger partial charge in [0.15, 0.2) is 0 Å². The normalized spacial score (nSPS) is 12.3. The van der Waals surface area contributed by atoms with Gasteiger partial charge in [0.25, 0.3) is 0 Å². The maximum atomic E-state index is 10.9. The van der Waals surface area contributed by atoms with Gasteiger partial charge in [-0.3, -0.25) is 5.21 Å². The highest BCUT2D eigenvalue weighted by Crippen LogP contribution is 2.15. The molecule has 0 aliphatic heterocycles. The number of urea groups is 1. The van der Waals surface area contributed by atoms with Gasteiger partial charge in [0.2, 0.25) is 0 Å². The molecule has 1 aromatic carbocycles. The van der Waals surface area contributed by atoms with E-state index in [0.717, 1.165) is 12.0 Å². The number of amides is 2. The molecule has 0 aliphatic rings. The lowest BCUT2D eigenvalue weighted by molar-refractivity contribution is 0.159. The Kier molecular flexibility index (Phi) is 4.97. The van der Waals surface area contributed by atoms with Crippen LogP contribution in [0.2, 0.25) is 0 Å². The predicted molar refractivity (Wildman–Crippen MR) is 66.9 cm³/mol. The summed E-state index contributed by atoms with van der Waals surface area (Å²) in [4.78, 5) is 10.9. The maximum absolute atomic E-state index is 10.9. The van der Waals surface area contributed by atoms with Crippen LogP contribution < -0.4 is 10.8 Å².